The summed E-state index contributed by atoms with van der Waals surface area (Å²) in [6.07, 6.45) is 1.69. The zero-order valence-electron chi connectivity index (χ0n) is 16.3. The Hall–Kier alpha value is -1.40. The smallest absolute Gasteiger partial charge is 0.310 e. The number of carbonyl (C=O) groups excluding carboxylic acids is 1. The molecule has 1 aliphatic rings. The van der Waals surface area contributed by atoms with Crippen LogP contribution in [0.5, 0.6) is 0 Å². The third-order valence-electron chi connectivity index (χ3n) is 4.31. The summed E-state index contributed by atoms with van der Waals surface area (Å²) in [4.78, 5) is 18.8. The minimum Gasteiger partial charge on any atom is -0.466 e. The largest absolute Gasteiger partial charge is 0.466 e. The quantitative estimate of drug-likeness (QED) is 0.254. The number of hydrogen-bond acceptors (Lipinski definition) is 5. The average molecular weight is 524 g/mol. The molecule has 1 saturated heterocycles. The number of aliphatic imine (C=N–C) groups is 1. The van der Waals surface area contributed by atoms with Gasteiger partial charge >= 0.3 is 5.97 Å². The fourth-order valence-electron chi connectivity index (χ4n) is 3.03. The Morgan fingerprint density at radius 3 is 2.79 bits per heavy atom. The molecule has 1 aromatic rings. The van der Waals surface area contributed by atoms with Crippen LogP contribution in [0.2, 0.25) is 0 Å². The number of esters is 1. The third kappa shape index (κ3) is 7.21. The maximum absolute atomic E-state index is 12.1. The summed E-state index contributed by atoms with van der Waals surface area (Å²) in [6.45, 7) is 6.53. The third-order valence-corrected chi connectivity index (χ3v) is 5.23. The van der Waals surface area contributed by atoms with E-state index in [-0.39, 0.29) is 40.8 Å². The van der Waals surface area contributed by atoms with Gasteiger partial charge in [0.25, 0.3) is 0 Å². The molecule has 158 valence electrons. The van der Waals surface area contributed by atoms with Crippen LogP contribution in [-0.2, 0) is 26.1 Å². The van der Waals surface area contributed by atoms with E-state index in [4.69, 9.17) is 9.88 Å². The number of benzene rings is 1. The lowest BCUT2D eigenvalue weighted by Gasteiger charge is -2.34. The molecule has 0 aromatic heterocycles. The second kappa shape index (κ2) is 11.6. The van der Waals surface area contributed by atoms with Crippen molar-refractivity contribution in [3.63, 3.8) is 0 Å². The van der Waals surface area contributed by atoms with E-state index >= 15 is 0 Å². The number of carbonyl (C=O) groups is 1. The monoisotopic (exact) mass is 524 g/mol. The first-order chi connectivity index (χ1) is 12.8. The van der Waals surface area contributed by atoms with Gasteiger partial charge in [0.1, 0.15) is 0 Å². The number of guanidine groups is 1. The van der Waals surface area contributed by atoms with Crippen molar-refractivity contribution in [3.05, 3.63) is 29.8 Å². The minimum absolute atomic E-state index is 0. The summed E-state index contributed by atoms with van der Waals surface area (Å²) >= 11 is 0. The molecular weight excluding hydrogens is 495 g/mol. The highest BCUT2D eigenvalue weighted by atomic mass is 127. The molecule has 0 spiro atoms. The van der Waals surface area contributed by atoms with Crippen molar-refractivity contribution in [3.8, 4) is 0 Å². The van der Waals surface area contributed by atoms with Crippen LogP contribution in [-0.4, -0.2) is 51.5 Å². The van der Waals surface area contributed by atoms with Crippen molar-refractivity contribution in [2.75, 3.05) is 26.2 Å². The maximum atomic E-state index is 12.1. The molecule has 10 heteroatoms. The van der Waals surface area contributed by atoms with Crippen molar-refractivity contribution < 1.29 is 17.9 Å². The van der Waals surface area contributed by atoms with Crippen LogP contribution in [0.4, 0.5) is 0 Å². The number of likely N-dealkylation sites (tertiary alicyclic amines) is 1. The number of nitrogens with one attached hydrogen (secondary N) is 1. The van der Waals surface area contributed by atoms with E-state index in [0.29, 0.717) is 32.2 Å². The predicted molar refractivity (Wildman–Crippen MR) is 119 cm³/mol. The number of nitrogens with two attached hydrogens (primary N) is 1. The summed E-state index contributed by atoms with van der Waals surface area (Å²) < 4.78 is 28.2. The standard InChI is InChI=1S/C18H28N4O4S.HI/c1-3-20-18(22-10-6-8-15(13-22)17(23)26-4-2)21-12-14-7-5-9-16(11-14)27(19,24)25;/h5,7,9,11,15H,3-4,6,8,10,12-13H2,1-2H3,(H,20,21)(H2,19,24,25);1H. The zero-order chi connectivity index (χ0) is 19.9. The number of sulfonamides is 1. The molecule has 1 aromatic carbocycles. The fraction of sp³-hybridized carbons (Fsp3) is 0.556. The number of halogens is 1. The number of piperidine rings is 1. The molecule has 1 unspecified atom stereocenters. The van der Waals surface area contributed by atoms with Gasteiger partial charge in [0, 0.05) is 19.6 Å². The van der Waals surface area contributed by atoms with Gasteiger partial charge in [0.2, 0.25) is 10.0 Å². The van der Waals surface area contributed by atoms with Crippen molar-refractivity contribution in [1.29, 1.82) is 0 Å². The molecule has 2 rings (SSSR count). The topological polar surface area (TPSA) is 114 Å². The highest BCUT2D eigenvalue weighted by molar-refractivity contribution is 14.0. The zero-order valence-corrected chi connectivity index (χ0v) is 19.4. The van der Waals surface area contributed by atoms with Crippen LogP contribution < -0.4 is 10.5 Å². The molecule has 1 atom stereocenters. The number of primary sulfonamides is 1. The summed E-state index contributed by atoms with van der Waals surface area (Å²) in [7, 11) is -3.74. The minimum atomic E-state index is -3.74. The van der Waals surface area contributed by atoms with Crippen molar-refractivity contribution >= 4 is 45.9 Å². The molecule has 1 fully saturated rings. The van der Waals surface area contributed by atoms with Gasteiger partial charge < -0.3 is 15.0 Å². The highest BCUT2D eigenvalue weighted by Gasteiger charge is 2.28. The lowest BCUT2D eigenvalue weighted by atomic mass is 9.98. The van der Waals surface area contributed by atoms with E-state index in [1.165, 1.54) is 12.1 Å². The van der Waals surface area contributed by atoms with Crippen LogP contribution in [0.15, 0.2) is 34.2 Å². The van der Waals surface area contributed by atoms with Gasteiger partial charge in [-0.1, -0.05) is 12.1 Å². The van der Waals surface area contributed by atoms with Crippen molar-refractivity contribution in [2.24, 2.45) is 16.0 Å². The Balaban J connectivity index is 0.00000392. The van der Waals surface area contributed by atoms with E-state index in [1.54, 1.807) is 19.1 Å². The Morgan fingerprint density at radius 1 is 1.39 bits per heavy atom. The van der Waals surface area contributed by atoms with Gasteiger partial charge in [0.05, 0.1) is 24.0 Å². The summed E-state index contributed by atoms with van der Waals surface area (Å²) in [5.41, 5.74) is 0.746. The number of hydrogen-bond donors (Lipinski definition) is 2. The molecule has 0 amide bonds. The first-order valence-corrected chi connectivity index (χ1v) is 10.7. The Labute approximate surface area is 184 Å². The highest BCUT2D eigenvalue weighted by Crippen LogP contribution is 2.18. The molecule has 8 nitrogen and oxygen atoms in total. The van der Waals surface area contributed by atoms with E-state index in [9.17, 15) is 13.2 Å². The lowest BCUT2D eigenvalue weighted by molar-refractivity contribution is -0.149. The van der Waals surface area contributed by atoms with Gasteiger partial charge in [-0.05, 0) is 44.4 Å². The second-order valence-electron chi connectivity index (χ2n) is 6.40. The van der Waals surface area contributed by atoms with E-state index in [0.717, 1.165) is 24.9 Å². The molecule has 0 radical (unpaired) electrons. The van der Waals surface area contributed by atoms with Crippen LogP contribution in [0, 0.1) is 5.92 Å². The summed E-state index contributed by atoms with van der Waals surface area (Å²) in [5, 5.41) is 8.43. The first-order valence-electron chi connectivity index (χ1n) is 9.16. The number of nitrogens with zero attached hydrogens (tertiary/aromatic N) is 2. The van der Waals surface area contributed by atoms with Gasteiger partial charge in [0.15, 0.2) is 5.96 Å². The molecule has 1 aliphatic heterocycles. The molecule has 3 N–H and O–H groups in total. The van der Waals surface area contributed by atoms with Crippen molar-refractivity contribution in [1.82, 2.24) is 10.2 Å². The van der Waals surface area contributed by atoms with E-state index in [2.05, 4.69) is 15.2 Å². The molecule has 0 aliphatic carbocycles. The van der Waals surface area contributed by atoms with E-state index < -0.39 is 10.0 Å². The normalized spacial score (nSPS) is 17.6. The van der Waals surface area contributed by atoms with Gasteiger partial charge in [-0.15, -0.1) is 24.0 Å². The van der Waals surface area contributed by atoms with Gasteiger partial charge in [-0.25, -0.2) is 18.5 Å². The lowest BCUT2D eigenvalue weighted by Crippen LogP contribution is -2.48. The first kappa shape index (κ1) is 24.6. The number of ether oxygens (including phenoxy) is 1. The predicted octanol–water partition coefficient (Wildman–Crippen LogP) is 1.69. The second-order valence-corrected chi connectivity index (χ2v) is 7.96. The summed E-state index contributed by atoms with van der Waals surface area (Å²) in [6, 6.07) is 6.44. The molecular formula is C18H29IN4O4S. The van der Waals surface area contributed by atoms with Crippen molar-refractivity contribution in [2.45, 2.75) is 38.1 Å². The van der Waals surface area contributed by atoms with Gasteiger partial charge in [-0.3, -0.25) is 4.79 Å². The molecule has 28 heavy (non-hydrogen) atoms. The Morgan fingerprint density at radius 2 is 2.14 bits per heavy atom. The van der Waals surface area contributed by atoms with Crippen LogP contribution in [0.25, 0.3) is 0 Å². The van der Waals surface area contributed by atoms with Crippen LogP contribution in [0.1, 0.15) is 32.3 Å². The molecule has 0 saturated carbocycles. The van der Waals surface area contributed by atoms with Crippen LogP contribution >= 0.6 is 24.0 Å². The molecule has 1 heterocycles. The van der Waals surface area contributed by atoms with E-state index in [1.807, 2.05) is 6.92 Å². The van der Waals surface area contributed by atoms with Crippen LogP contribution in [0.3, 0.4) is 0 Å². The van der Waals surface area contributed by atoms with Gasteiger partial charge in [-0.2, -0.15) is 0 Å². The summed E-state index contributed by atoms with van der Waals surface area (Å²) in [5.74, 6) is 0.375. The fourth-order valence-corrected chi connectivity index (χ4v) is 3.62. The number of rotatable bonds is 6. The maximum Gasteiger partial charge on any atom is 0.310 e. The Kier molecular flexibility index (Phi) is 10.2. The Bertz CT molecular complexity index is 786. The SMILES string of the molecule is CCNC(=NCc1cccc(S(N)(=O)=O)c1)N1CCCC(C(=O)OCC)C1.I. The average Bonchev–Trinajstić information content (AvgIpc) is 2.65. The molecule has 0 bridgehead atoms.